The summed E-state index contributed by atoms with van der Waals surface area (Å²) >= 11 is 0. The average Bonchev–Trinajstić information content (AvgIpc) is 3.06. The summed E-state index contributed by atoms with van der Waals surface area (Å²) in [5.41, 5.74) is 6.78. The molecule has 1 aliphatic rings. The Balaban J connectivity index is 1.80. The third-order valence-electron chi connectivity index (χ3n) is 5.11. The Labute approximate surface area is 162 Å². The monoisotopic (exact) mass is 379 g/mol. The summed E-state index contributed by atoms with van der Waals surface area (Å²) in [6.45, 7) is 2.54. The van der Waals surface area contributed by atoms with Gasteiger partial charge < -0.3 is 15.4 Å². The zero-order valence-corrected chi connectivity index (χ0v) is 15.7. The second-order valence-electron chi connectivity index (χ2n) is 7.14. The summed E-state index contributed by atoms with van der Waals surface area (Å²) in [4.78, 5) is 13.3. The van der Waals surface area contributed by atoms with Gasteiger partial charge in [0.15, 0.2) is 17.0 Å². The first-order chi connectivity index (χ1) is 13.5. The number of aryl methyl sites for hydroxylation is 1. The maximum absolute atomic E-state index is 13.7. The topological polar surface area (TPSA) is 89.9 Å². The number of aliphatic hydroxyl groups is 1. The summed E-state index contributed by atoms with van der Waals surface area (Å²) in [6.07, 6.45) is 4.38. The summed E-state index contributed by atoms with van der Waals surface area (Å²) < 4.78 is 15.5. The van der Waals surface area contributed by atoms with E-state index >= 15 is 0 Å². The number of nitrogen functional groups attached to an aromatic ring is 1. The third kappa shape index (κ3) is 3.43. The number of aromatic nitrogens is 4. The predicted molar refractivity (Wildman–Crippen MR) is 106 cm³/mol. The molecule has 3 N–H and O–H groups in total. The molecule has 28 heavy (non-hydrogen) atoms. The van der Waals surface area contributed by atoms with Crippen molar-refractivity contribution in [3.05, 3.63) is 35.9 Å². The maximum Gasteiger partial charge on any atom is 0.209 e. The maximum atomic E-state index is 13.7. The van der Waals surface area contributed by atoms with Gasteiger partial charge in [-0.25, -0.2) is 19.3 Å². The first-order valence-electron chi connectivity index (χ1n) is 9.54. The molecular weight excluding hydrogens is 357 g/mol. The Bertz CT molecular complexity index is 1090. The zero-order valence-electron chi connectivity index (χ0n) is 15.7. The Morgan fingerprint density at radius 2 is 2.00 bits per heavy atom. The number of fused-ring (bicyclic) bond motifs is 1. The fraction of sp³-hybridized carbons (Fsp3) is 0.381. The van der Waals surface area contributed by atoms with E-state index in [2.05, 4.69) is 26.8 Å². The smallest absolute Gasteiger partial charge is 0.209 e. The number of imidazole rings is 1. The molecule has 2 heterocycles. The van der Waals surface area contributed by atoms with Gasteiger partial charge in [-0.05, 0) is 50.7 Å². The van der Waals surface area contributed by atoms with Gasteiger partial charge in [0.05, 0.1) is 0 Å². The van der Waals surface area contributed by atoms with Gasteiger partial charge >= 0.3 is 0 Å². The van der Waals surface area contributed by atoms with Crippen molar-refractivity contribution >= 4 is 17.0 Å². The van der Waals surface area contributed by atoms with Crippen LogP contribution in [0.1, 0.15) is 44.9 Å². The highest BCUT2D eigenvalue weighted by atomic mass is 19.1. The Morgan fingerprint density at radius 3 is 2.71 bits per heavy atom. The van der Waals surface area contributed by atoms with Crippen LogP contribution >= 0.6 is 0 Å². The molecule has 1 aromatic carbocycles. The molecule has 1 fully saturated rings. The van der Waals surface area contributed by atoms with Crippen LogP contribution < -0.4 is 5.73 Å². The van der Waals surface area contributed by atoms with Crippen molar-refractivity contribution in [1.82, 2.24) is 19.5 Å². The lowest BCUT2D eigenvalue weighted by Gasteiger charge is -2.26. The lowest BCUT2D eigenvalue weighted by Crippen LogP contribution is -2.29. The highest BCUT2D eigenvalue weighted by Gasteiger charge is 2.26. The van der Waals surface area contributed by atoms with Gasteiger partial charge in [0, 0.05) is 12.1 Å². The lowest BCUT2D eigenvalue weighted by molar-refractivity contribution is 0.0610. The number of benzene rings is 1. The molecule has 0 amide bonds. The first-order valence-corrected chi connectivity index (χ1v) is 9.54. The van der Waals surface area contributed by atoms with Crippen LogP contribution in [-0.2, 0) is 6.54 Å². The van der Waals surface area contributed by atoms with E-state index in [9.17, 15) is 9.50 Å². The van der Waals surface area contributed by atoms with Gasteiger partial charge in [-0.3, -0.25) is 0 Å². The van der Waals surface area contributed by atoms with Gasteiger partial charge in [-0.1, -0.05) is 24.5 Å². The molecule has 4 rings (SSSR count). The summed E-state index contributed by atoms with van der Waals surface area (Å²) in [5.74, 6) is 6.54. The molecule has 7 heteroatoms. The van der Waals surface area contributed by atoms with Crippen LogP contribution in [0.15, 0.2) is 24.3 Å². The number of hydrogen-bond acceptors (Lipinski definition) is 5. The molecule has 1 aliphatic carbocycles. The summed E-state index contributed by atoms with van der Waals surface area (Å²) in [6, 6.07) is 6.25. The number of halogens is 1. The van der Waals surface area contributed by atoms with E-state index in [1.807, 2.05) is 11.5 Å². The van der Waals surface area contributed by atoms with Crippen LogP contribution in [0, 0.1) is 17.7 Å². The van der Waals surface area contributed by atoms with Crippen molar-refractivity contribution < 1.29 is 9.50 Å². The quantitative estimate of drug-likeness (QED) is 0.667. The Morgan fingerprint density at radius 1 is 1.21 bits per heavy atom. The lowest BCUT2D eigenvalue weighted by atomic mass is 9.85. The van der Waals surface area contributed by atoms with E-state index in [1.54, 1.807) is 12.1 Å². The average molecular weight is 379 g/mol. The van der Waals surface area contributed by atoms with Crippen molar-refractivity contribution in [2.24, 2.45) is 0 Å². The van der Waals surface area contributed by atoms with Crippen molar-refractivity contribution in [3.8, 4) is 23.2 Å². The molecule has 0 aliphatic heterocycles. The van der Waals surface area contributed by atoms with Crippen LogP contribution in [0.2, 0.25) is 0 Å². The third-order valence-corrected chi connectivity index (χ3v) is 5.11. The molecule has 0 unspecified atom stereocenters. The number of rotatable bonds is 2. The minimum Gasteiger partial charge on any atom is -0.382 e. The molecule has 1 saturated carbocycles. The summed E-state index contributed by atoms with van der Waals surface area (Å²) in [7, 11) is 0. The van der Waals surface area contributed by atoms with E-state index in [0.29, 0.717) is 41.9 Å². The van der Waals surface area contributed by atoms with Crippen LogP contribution in [0.25, 0.3) is 22.6 Å². The molecule has 144 valence electrons. The Hall–Kier alpha value is -2.98. The number of hydrogen-bond donors (Lipinski definition) is 2. The molecule has 2 aromatic heterocycles. The highest BCUT2D eigenvalue weighted by molar-refractivity contribution is 5.85. The fourth-order valence-electron chi connectivity index (χ4n) is 3.66. The molecule has 3 aromatic rings. The van der Waals surface area contributed by atoms with Gasteiger partial charge in [0.25, 0.3) is 0 Å². The van der Waals surface area contributed by atoms with Crippen LogP contribution in [0.5, 0.6) is 0 Å². The predicted octanol–water partition coefficient (Wildman–Crippen LogP) is 3.28. The minimum atomic E-state index is -0.983. The number of nitrogens with zero attached hydrogens (tertiary/aromatic N) is 4. The van der Waals surface area contributed by atoms with Crippen molar-refractivity contribution in [1.29, 1.82) is 0 Å². The van der Waals surface area contributed by atoms with Gasteiger partial charge in [-0.15, -0.1) is 0 Å². The number of nitrogens with two attached hydrogens (primary N) is 1. The largest absolute Gasteiger partial charge is 0.382 e. The second kappa shape index (κ2) is 7.21. The molecular formula is C21H22FN5O. The highest BCUT2D eigenvalue weighted by Crippen LogP contribution is 2.28. The zero-order chi connectivity index (χ0) is 19.7. The van der Waals surface area contributed by atoms with Gasteiger partial charge in [0.1, 0.15) is 17.2 Å². The minimum absolute atomic E-state index is 0.217. The van der Waals surface area contributed by atoms with Crippen molar-refractivity contribution in [3.63, 3.8) is 0 Å². The van der Waals surface area contributed by atoms with E-state index in [4.69, 9.17) is 5.73 Å². The van der Waals surface area contributed by atoms with Gasteiger partial charge in [0.2, 0.25) is 5.82 Å². The molecule has 0 spiro atoms. The molecule has 0 saturated heterocycles. The van der Waals surface area contributed by atoms with E-state index in [0.717, 1.165) is 19.3 Å². The van der Waals surface area contributed by atoms with Gasteiger partial charge in [-0.2, -0.15) is 0 Å². The first kappa shape index (κ1) is 18.4. The second-order valence-corrected chi connectivity index (χ2v) is 7.14. The Kier molecular flexibility index (Phi) is 4.73. The normalized spacial score (nSPS) is 16.0. The molecule has 0 radical (unpaired) electrons. The van der Waals surface area contributed by atoms with Crippen LogP contribution in [0.3, 0.4) is 0 Å². The summed E-state index contributed by atoms with van der Waals surface area (Å²) in [5, 5.41) is 10.6. The molecule has 6 nitrogen and oxygen atoms in total. The van der Waals surface area contributed by atoms with E-state index in [-0.39, 0.29) is 17.5 Å². The van der Waals surface area contributed by atoms with E-state index in [1.165, 1.54) is 12.1 Å². The fourth-order valence-corrected chi connectivity index (χ4v) is 3.66. The SMILES string of the molecule is CCn1c(-c2cccc(F)c2)nc2c(N)nc(C#CC3(O)CCCCC3)nc21. The van der Waals surface area contributed by atoms with Crippen LogP contribution in [0.4, 0.5) is 10.2 Å². The van der Waals surface area contributed by atoms with E-state index < -0.39 is 5.60 Å². The van der Waals surface area contributed by atoms with Crippen LogP contribution in [-0.4, -0.2) is 30.2 Å². The molecule has 0 atom stereocenters. The standard InChI is InChI=1S/C21H22FN5O/c1-2-27-19(14-7-6-8-15(22)13-14)26-17-18(23)24-16(25-20(17)27)9-12-21(28)10-4-3-5-11-21/h6-8,13,28H,2-5,10-11H2,1H3,(H2,23,24,25). The van der Waals surface area contributed by atoms with Crippen molar-refractivity contribution in [2.75, 3.05) is 5.73 Å². The van der Waals surface area contributed by atoms with Crippen molar-refractivity contribution in [2.45, 2.75) is 51.2 Å². The molecule has 0 bridgehead atoms. The number of anilines is 1.